The molecule has 1 aliphatic heterocycles. The molecule has 0 aromatic carbocycles. The van der Waals surface area contributed by atoms with Crippen molar-refractivity contribution in [3.8, 4) is 10.7 Å². The predicted octanol–water partition coefficient (Wildman–Crippen LogP) is 2.00. The van der Waals surface area contributed by atoms with Crippen molar-refractivity contribution < 1.29 is 0 Å². The van der Waals surface area contributed by atoms with E-state index in [1.54, 1.807) is 11.3 Å². The van der Waals surface area contributed by atoms with E-state index in [0.717, 1.165) is 36.9 Å². The summed E-state index contributed by atoms with van der Waals surface area (Å²) in [6, 6.07) is 6.52. The summed E-state index contributed by atoms with van der Waals surface area (Å²) >= 11 is 1.75. The summed E-state index contributed by atoms with van der Waals surface area (Å²) in [5.74, 6) is 0. The molecule has 4 nitrogen and oxygen atoms in total. The molecule has 5 heteroatoms. The minimum atomic E-state index is 0.580. The van der Waals surface area contributed by atoms with Crippen molar-refractivity contribution in [2.75, 3.05) is 19.6 Å². The lowest BCUT2D eigenvalue weighted by Crippen LogP contribution is -2.48. The minimum Gasteiger partial charge on any atom is -0.312 e. The summed E-state index contributed by atoms with van der Waals surface area (Å²) in [4.78, 5) is 12.6. The molecular weight excluding hydrogens is 256 g/mol. The van der Waals surface area contributed by atoms with Crippen molar-refractivity contribution in [3.63, 3.8) is 0 Å². The highest BCUT2D eigenvalue weighted by Crippen LogP contribution is 2.24. The van der Waals surface area contributed by atoms with E-state index in [1.807, 2.05) is 30.6 Å². The number of piperazine rings is 1. The Hall–Kier alpha value is -1.30. The first-order valence-electron chi connectivity index (χ1n) is 6.63. The fraction of sp³-hybridized carbons (Fsp3) is 0.429. The summed E-state index contributed by atoms with van der Waals surface area (Å²) in [5.41, 5.74) is 0.965. The predicted molar refractivity (Wildman–Crippen MR) is 78.1 cm³/mol. The number of nitrogens with one attached hydrogen (secondary N) is 1. The van der Waals surface area contributed by atoms with E-state index in [4.69, 9.17) is 0 Å². The van der Waals surface area contributed by atoms with Crippen molar-refractivity contribution in [1.29, 1.82) is 0 Å². The summed E-state index contributed by atoms with van der Waals surface area (Å²) < 4.78 is 0. The molecule has 100 valence electrons. The zero-order valence-corrected chi connectivity index (χ0v) is 11.9. The fourth-order valence-electron chi connectivity index (χ4n) is 2.36. The number of hydrogen-bond donors (Lipinski definition) is 1. The Morgan fingerprint density at radius 1 is 1.42 bits per heavy atom. The van der Waals surface area contributed by atoms with Gasteiger partial charge in [-0.15, -0.1) is 11.3 Å². The van der Waals surface area contributed by atoms with Crippen LogP contribution in [0.5, 0.6) is 0 Å². The summed E-state index contributed by atoms with van der Waals surface area (Å²) in [5, 5.41) is 4.48. The molecule has 3 rings (SSSR count). The third kappa shape index (κ3) is 3.18. The van der Waals surface area contributed by atoms with Crippen LogP contribution in [-0.4, -0.2) is 40.5 Å². The largest absolute Gasteiger partial charge is 0.312 e. The minimum absolute atomic E-state index is 0.580. The van der Waals surface area contributed by atoms with Crippen LogP contribution in [0, 0.1) is 0 Å². The Bertz CT molecular complexity index is 525. The fourth-order valence-corrected chi connectivity index (χ4v) is 3.30. The topological polar surface area (TPSA) is 41.1 Å². The van der Waals surface area contributed by atoms with Gasteiger partial charge in [-0.25, -0.2) is 4.98 Å². The summed E-state index contributed by atoms with van der Waals surface area (Å²) in [6.45, 7) is 6.53. The molecule has 19 heavy (non-hydrogen) atoms. The van der Waals surface area contributed by atoms with Crippen LogP contribution in [-0.2, 0) is 6.54 Å². The molecule has 0 saturated carbocycles. The number of aromatic nitrogens is 2. The first kappa shape index (κ1) is 12.7. The van der Waals surface area contributed by atoms with Crippen LogP contribution in [0.1, 0.15) is 11.8 Å². The summed E-state index contributed by atoms with van der Waals surface area (Å²) in [6.07, 6.45) is 3.80. The Kier molecular flexibility index (Phi) is 3.87. The first-order chi connectivity index (χ1) is 9.31. The van der Waals surface area contributed by atoms with Gasteiger partial charge in [0.2, 0.25) is 0 Å². The van der Waals surface area contributed by atoms with Crippen molar-refractivity contribution >= 4 is 11.3 Å². The van der Waals surface area contributed by atoms with Crippen LogP contribution in [0.2, 0.25) is 0 Å². The van der Waals surface area contributed by atoms with Crippen LogP contribution in [0.25, 0.3) is 10.7 Å². The third-order valence-electron chi connectivity index (χ3n) is 3.27. The highest BCUT2D eigenvalue weighted by Gasteiger charge is 2.16. The molecule has 1 atom stereocenters. The van der Waals surface area contributed by atoms with Crippen molar-refractivity contribution in [1.82, 2.24) is 20.2 Å². The molecule has 0 radical (unpaired) electrons. The maximum Gasteiger partial charge on any atom is 0.142 e. The lowest BCUT2D eigenvalue weighted by molar-refractivity contribution is 0.201. The average molecular weight is 274 g/mol. The average Bonchev–Trinajstić information content (AvgIpc) is 2.88. The van der Waals surface area contributed by atoms with E-state index >= 15 is 0 Å². The van der Waals surface area contributed by atoms with Crippen molar-refractivity contribution in [3.05, 3.63) is 35.5 Å². The lowest BCUT2D eigenvalue weighted by Gasteiger charge is -2.31. The second kappa shape index (κ2) is 5.77. The van der Waals surface area contributed by atoms with Gasteiger partial charge in [0, 0.05) is 49.5 Å². The van der Waals surface area contributed by atoms with Gasteiger partial charge in [-0.1, -0.05) is 6.07 Å². The molecule has 1 saturated heterocycles. The number of thiazole rings is 1. The second-order valence-corrected chi connectivity index (χ2v) is 6.05. The van der Waals surface area contributed by atoms with Crippen LogP contribution in [0.15, 0.2) is 30.6 Å². The van der Waals surface area contributed by atoms with Gasteiger partial charge in [-0.05, 0) is 19.1 Å². The van der Waals surface area contributed by atoms with Crippen molar-refractivity contribution in [2.24, 2.45) is 0 Å². The molecule has 0 amide bonds. The van der Waals surface area contributed by atoms with Gasteiger partial charge in [0.1, 0.15) is 5.01 Å². The number of rotatable bonds is 3. The molecule has 3 heterocycles. The van der Waals surface area contributed by atoms with Gasteiger partial charge in [0.15, 0.2) is 0 Å². The molecule has 0 unspecified atom stereocenters. The molecule has 2 aromatic heterocycles. The molecule has 1 N–H and O–H groups in total. The number of hydrogen-bond acceptors (Lipinski definition) is 5. The standard InChI is InChI=1S/C14H18N4S/c1-11-9-18(7-6-15-11)10-12-8-17-14(19-12)13-4-2-3-5-16-13/h2-5,8,11,15H,6-7,9-10H2,1H3/t11-/m1/s1. The number of nitrogens with zero attached hydrogens (tertiary/aromatic N) is 3. The normalized spacial score (nSPS) is 20.6. The molecular formula is C14H18N4S. The Labute approximate surface area is 117 Å². The lowest BCUT2D eigenvalue weighted by atomic mass is 10.2. The van der Waals surface area contributed by atoms with E-state index in [0.29, 0.717) is 6.04 Å². The molecule has 2 aromatic rings. The van der Waals surface area contributed by atoms with Gasteiger partial charge in [0.05, 0.1) is 5.69 Å². The number of pyridine rings is 1. The van der Waals surface area contributed by atoms with E-state index in [1.165, 1.54) is 4.88 Å². The van der Waals surface area contributed by atoms with Crippen LogP contribution in [0.4, 0.5) is 0 Å². The van der Waals surface area contributed by atoms with E-state index in [9.17, 15) is 0 Å². The van der Waals surface area contributed by atoms with Gasteiger partial charge in [-0.2, -0.15) is 0 Å². The van der Waals surface area contributed by atoms with E-state index in [2.05, 4.69) is 27.1 Å². The maximum atomic E-state index is 4.48. The maximum absolute atomic E-state index is 4.48. The molecule has 0 bridgehead atoms. The van der Waals surface area contributed by atoms with E-state index in [-0.39, 0.29) is 0 Å². The molecule has 1 fully saturated rings. The van der Waals surface area contributed by atoms with Gasteiger partial charge >= 0.3 is 0 Å². The highest BCUT2D eigenvalue weighted by atomic mass is 32.1. The zero-order chi connectivity index (χ0) is 13.1. The van der Waals surface area contributed by atoms with Crippen LogP contribution in [0.3, 0.4) is 0 Å². The van der Waals surface area contributed by atoms with Crippen molar-refractivity contribution in [2.45, 2.75) is 19.5 Å². The Balaban J connectivity index is 1.68. The highest BCUT2D eigenvalue weighted by molar-refractivity contribution is 7.14. The van der Waals surface area contributed by atoms with E-state index < -0.39 is 0 Å². The monoisotopic (exact) mass is 274 g/mol. The third-order valence-corrected chi connectivity index (χ3v) is 4.27. The van der Waals surface area contributed by atoms with Crippen LogP contribution >= 0.6 is 11.3 Å². The Morgan fingerprint density at radius 3 is 3.16 bits per heavy atom. The first-order valence-corrected chi connectivity index (χ1v) is 7.45. The van der Waals surface area contributed by atoms with Gasteiger partial charge in [-0.3, -0.25) is 9.88 Å². The SMILES string of the molecule is C[C@@H]1CN(Cc2cnc(-c3ccccn3)s2)CCN1. The van der Waals surface area contributed by atoms with Crippen LogP contribution < -0.4 is 5.32 Å². The zero-order valence-electron chi connectivity index (χ0n) is 11.0. The quantitative estimate of drug-likeness (QED) is 0.929. The summed E-state index contributed by atoms with van der Waals surface area (Å²) in [7, 11) is 0. The smallest absolute Gasteiger partial charge is 0.142 e. The molecule has 1 aliphatic rings. The second-order valence-electron chi connectivity index (χ2n) is 4.94. The molecule has 0 spiro atoms. The Morgan fingerprint density at radius 2 is 2.37 bits per heavy atom. The molecule has 0 aliphatic carbocycles. The van der Waals surface area contributed by atoms with Gasteiger partial charge < -0.3 is 5.32 Å². The van der Waals surface area contributed by atoms with Gasteiger partial charge in [0.25, 0.3) is 0 Å².